The summed E-state index contributed by atoms with van der Waals surface area (Å²) in [4.78, 5) is 28.6. The van der Waals surface area contributed by atoms with Crippen LogP contribution in [0.2, 0.25) is 0 Å². The van der Waals surface area contributed by atoms with Crippen molar-refractivity contribution in [1.29, 1.82) is 0 Å². The summed E-state index contributed by atoms with van der Waals surface area (Å²) in [5.74, 6) is 0.175. The van der Waals surface area contributed by atoms with Crippen LogP contribution in [0, 0.1) is 6.92 Å². The van der Waals surface area contributed by atoms with Crippen molar-refractivity contribution in [1.82, 2.24) is 9.80 Å². The van der Waals surface area contributed by atoms with E-state index in [1.54, 1.807) is 0 Å². The van der Waals surface area contributed by atoms with Crippen molar-refractivity contribution >= 4 is 11.8 Å². The third kappa shape index (κ3) is 3.82. The molecule has 1 aliphatic heterocycles. The molecule has 2 amide bonds. The fourth-order valence-electron chi connectivity index (χ4n) is 2.92. The molecule has 2 aromatic carbocycles. The predicted octanol–water partition coefficient (Wildman–Crippen LogP) is 2.52. The molecule has 0 N–H and O–H groups in total. The molecule has 0 bridgehead atoms. The maximum Gasteiger partial charge on any atom is 0.253 e. The Kier molecular flexibility index (Phi) is 4.94. The van der Waals surface area contributed by atoms with Crippen LogP contribution in [0.25, 0.3) is 0 Å². The zero-order chi connectivity index (χ0) is 16.9. The van der Waals surface area contributed by atoms with E-state index in [0.29, 0.717) is 38.2 Å². The van der Waals surface area contributed by atoms with Crippen LogP contribution in [0.3, 0.4) is 0 Å². The van der Waals surface area contributed by atoms with Gasteiger partial charge in [0.05, 0.1) is 6.42 Å². The van der Waals surface area contributed by atoms with Gasteiger partial charge >= 0.3 is 0 Å². The van der Waals surface area contributed by atoms with E-state index in [-0.39, 0.29) is 11.8 Å². The number of aryl methyl sites for hydroxylation is 1. The Balaban J connectivity index is 1.54. The van der Waals surface area contributed by atoms with Crippen molar-refractivity contribution in [3.05, 3.63) is 71.3 Å². The van der Waals surface area contributed by atoms with Crippen molar-refractivity contribution in [2.24, 2.45) is 0 Å². The number of carbonyl (C=O) groups is 2. The number of hydrogen-bond donors (Lipinski definition) is 0. The molecule has 1 aliphatic rings. The van der Waals surface area contributed by atoms with Crippen molar-refractivity contribution in [2.75, 3.05) is 26.2 Å². The molecule has 4 heteroatoms. The smallest absolute Gasteiger partial charge is 0.253 e. The van der Waals surface area contributed by atoms with Crippen molar-refractivity contribution in [3.63, 3.8) is 0 Å². The van der Waals surface area contributed by atoms with Crippen molar-refractivity contribution in [2.45, 2.75) is 13.3 Å². The van der Waals surface area contributed by atoms with Crippen LogP contribution in [0.5, 0.6) is 0 Å². The Bertz CT molecular complexity index is 702. The summed E-state index contributed by atoms with van der Waals surface area (Å²) in [7, 11) is 0. The first kappa shape index (κ1) is 16.2. The van der Waals surface area contributed by atoms with Gasteiger partial charge in [-0.1, -0.05) is 48.0 Å². The lowest BCUT2D eigenvalue weighted by Crippen LogP contribution is -2.51. The van der Waals surface area contributed by atoms with Crippen LogP contribution >= 0.6 is 0 Å². The van der Waals surface area contributed by atoms with E-state index >= 15 is 0 Å². The van der Waals surface area contributed by atoms with Crippen molar-refractivity contribution in [3.8, 4) is 0 Å². The van der Waals surface area contributed by atoms with Crippen LogP contribution < -0.4 is 0 Å². The highest BCUT2D eigenvalue weighted by atomic mass is 16.2. The van der Waals surface area contributed by atoms with Gasteiger partial charge in [-0.15, -0.1) is 0 Å². The van der Waals surface area contributed by atoms with Gasteiger partial charge in [0.2, 0.25) is 5.91 Å². The van der Waals surface area contributed by atoms with Gasteiger partial charge in [0.1, 0.15) is 0 Å². The molecule has 0 saturated carbocycles. The quantitative estimate of drug-likeness (QED) is 0.871. The number of carbonyl (C=O) groups excluding carboxylic acids is 2. The fourth-order valence-corrected chi connectivity index (χ4v) is 2.92. The minimum Gasteiger partial charge on any atom is -0.339 e. The summed E-state index contributed by atoms with van der Waals surface area (Å²) in [6.45, 7) is 4.39. The van der Waals surface area contributed by atoms with E-state index in [0.717, 1.165) is 11.1 Å². The number of benzene rings is 2. The van der Waals surface area contributed by atoms with Crippen LogP contribution in [0.1, 0.15) is 21.5 Å². The third-order valence-electron chi connectivity index (χ3n) is 4.42. The average molecular weight is 322 g/mol. The van der Waals surface area contributed by atoms with Crippen LogP contribution in [0.4, 0.5) is 0 Å². The molecule has 0 radical (unpaired) electrons. The maximum atomic E-state index is 12.5. The molecule has 24 heavy (non-hydrogen) atoms. The zero-order valence-corrected chi connectivity index (χ0v) is 13.9. The van der Waals surface area contributed by atoms with E-state index in [1.165, 1.54) is 0 Å². The molecule has 1 fully saturated rings. The number of hydrogen-bond acceptors (Lipinski definition) is 2. The standard InChI is InChI=1S/C20H22N2O2/c1-16-7-9-18(10-8-16)20(24)22-13-11-21(12-14-22)19(23)15-17-5-3-2-4-6-17/h2-10H,11-15H2,1H3. The minimum absolute atomic E-state index is 0.0464. The molecule has 1 saturated heterocycles. The van der Waals surface area contributed by atoms with E-state index < -0.39 is 0 Å². The SMILES string of the molecule is Cc1ccc(C(=O)N2CCN(C(=O)Cc3ccccc3)CC2)cc1. The molecule has 0 aromatic heterocycles. The topological polar surface area (TPSA) is 40.6 Å². The first-order chi connectivity index (χ1) is 11.6. The number of rotatable bonds is 3. The Morgan fingerprint density at radius 2 is 1.42 bits per heavy atom. The lowest BCUT2D eigenvalue weighted by Gasteiger charge is -2.35. The lowest BCUT2D eigenvalue weighted by atomic mass is 10.1. The molecule has 0 aliphatic carbocycles. The normalized spacial score (nSPS) is 14.5. The highest BCUT2D eigenvalue weighted by molar-refractivity contribution is 5.94. The van der Waals surface area contributed by atoms with Crippen molar-refractivity contribution < 1.29 is 9.59 Å². The molecule has 0 spiro atoms. The first-order valence-electron chi connectivity index (χ1n) is 8.31. The second-order valence-corrected chi connectivity index (χ2v) is 6.20. The van der Waals surface area contributed by atoms with E-state index in [1.807, 2.05) is 71.3 Å². The lowest BCUT2D eigenvalue weighted by molar-refractivity contribution is -0.131. The molecule has 3 rings (SSSR count). The largest absolute Gasteiger partial charge is 0.339 e. The summed E-state index contributed by atoms with van der Waals surface area (Å²) in [6, 6.07) is 17.4. The van der Waals surface area contributed by atoms with E-state index in [2.05, 4.69) is 0 Å². The number of amides is 2. The second-order valence-electron chi connectivity index (χ2n) is 6.20. The Morgan fingerprint density at radius 1 is 0.833 bits per heavy atom. The van der Waals surface area contributed by atoms with Gasteiger partial charge < -0.3 is 9.80 Å². The first-order valence-corrected chi connectivity index (χ1v) is 8.31. The molecule has 1 heterocycles. The van der Waals surface area contributed by atoms with Gasteiger partial charge in [0.15, 0.2) is 0 Å². The monoisotopic (exact) mass is 322 g/mol. The zero-order valence-electron chi connectivity index (χ0n) is 13.9. The summed E-state index contributed by atoms with van der Waals surface area (Å²) >= 11 is 0. The summed E-state index contributed by atoms with van der Waals surface area (Å²) < 4.78 is 0. The Morgan fingerprint density at radius 3 is 2.04 bits per heavy atom. The van der Waals surface area contributed by atoms with E-state index in [4.69, 9.17) is 0 Å². The van der Waals surface area contributed by atoms with E-state index in [9.17, 15) is 9.59 Å². The molecular formula is C20H22N2O2. The van der Waals surface area contributed by atoms with Gasteiger partial charge in [-0.25, -0.2) is 0 Å². The van der Waals surface area contributed by atoms with Gasteiger partial charge in [0.25, 0.3) is 5.91 Å². The minimum atomic E-state index is 0.0464. The van der Waals surface area contributed by atoms with Gasteiger partial charge in [-0.2, -0.15) is 0 Å². The average Bonchev–Trinajstić information content (AvgIpc) is 2.63. The highest BCUT2D eigenvalue weighted by Crippen LogP contribution is 2.11. The van der Waals surface area contributed by atoms with Gasteiger partial charge in [-0.05, 0) is 24.6 Å². The highest BCUT2D eigenvalue weighted by Gasteiger charge is 2.24. The molecule has 4 nitrogen and oxygen atoms in total. The van der Waals surface area contributed by atoms with Crippen LogP contribution in [-0.4, -0.2) is 47.8 Å². The molecule has 124 valence electrons. The Hall–Kier alpha value is -2.62. The van der Waals surface area contributed by atoms with Gasteiger partial charge in [-0.3, -0.25) is 9.59 Å². The summed E-state index contributed by atoms with van der Waals surface area (Å²) in [6.07, 6.45) is 0.423. The number of nitrogens with zero attached hydrogens (tertiary/aromatic N) is 2. The number of piperazine rings is 1. The second kappa shape index (κ2) is 7.30. The van der Waals surface area contributed by atoms with Crippen LogP contribution in [0.15, 0.2) is 54.6 Å². The Labute approximate surface area is 142 Å². The van der Waals surface area contributed by atoms with Crippen LogP contribution in [-0.2, 0) is 11.2 Å². The fraction of sp³-hybridized carbons (Fsp3) is 0.300. The molecule has 0 atom stereocenters. The molecule has 0 unspecified atom stereocenters. The summed E-state index contributed by atoms with van der Waals surface area (Å²) in [5.41, 5.74) is 2.88. The molecule has 2 aromatic rings. The third-order valence-corrected chi connectivity index (χ3v) is 4.42. The maximum absolute atomic E-state index is 12.5. The van der Waals surface area contributed by atoms with Gasteiger partial charge in [0, 0.05) is 31.7 Å². The predicted molar refractivity (Wildman–Crippen MR) is 93.8 cm³/mol. The molecular weight excluding hydrogens is 300 g/mol. The summed E-state index contributed by atoms with van der Waals surface area (Å²) in [5, 5.41) is 0.